The lowest BCUT2D eigenvalue weighted by atomic mass is 10.1. The first-order valence-electron chi connectivity index (χ1n) is 6.99. The minimum absolute atomic E-state index is 0.0332. The molecule has 0 fully saturated rings. The molecule has 0 spiro atoms. The zero-order chi connectivity index (χ0) is 17.4. The molecule has 0 saturated heterocycles. The molecule has 0 saturated carbocycles. The van der Waals surface area contributed by atoms with Gasteiger partial charge in [0.15, 0.2) is 0 Å². The van der Waals surface area contributed by atoms with Crippen molar-refractivity contribution in [3.05, 3.63) is 28.0 Å². The normalized spacial score (nSPS) is 13.0. The highest BCUT2D eigenvalue weighted by Gasteiger charge is 2.36. The summed E-state index contributed by atoms with van der Waals surface area (Å²) in [7, 11) is -1.27. The maximum Gasteiger partial charge on any atom is 0.419 e. The number of nitrogens with zero attached hydrogens (tertiary/aromatic N) is 2. The summed E-state index contributed by atoms with van der Waals surface area (Å²) in [6.45, 7) is 7.05. The largest absolute Gasteiger partial charge is 0.419 e. The Labute approximate surface area is 143 Å². The van der Waals surface area contributed by atoms with Gasteiger partial charge in [0, 0.05) is 26.4 Å². The molecule has 3 nitrogen and oxygen atoms in total. The van der Waals surface area contributed by atoms with Gasteiger partial charge in [-0.3, -0.25) is 0 Å². The van der Waals surface area contributed by atoms with Crippen molar-refractivity contribution in [1.82, 2.24) is 9.55 Å². The van der Waals surface area contributed by atoms with E-state index in [0.717, 1.165) is 12.2 Å². The van der Waals surface area contributed by atoms with E-state index in [9.17, 15) is 13.2 Å². The van der Waals surface area contributed by atoms with E-state index in [1.54, 1.807) is 0 Å². The molecule has 0 radical (unpaired) electrons. The highest BCUT2D eigenvalue weighted by Crippen LogP contribution is 2.41. The summed E-state index contributed by atoms with van der Waals surface area (Å²) in [5.74, 6) is 0.279. The molecule has 2 aliphatic heterocycles. The Morgan fingerprint density at radius 2 is 1.91 bits per heavy atom. The second kappa shape index (κ2) is 6.62. The van der Waals surface area contributed by atoms with Crippen LogP contribution in [0.25, 0.3) is 11.4 Å². The molecule has 2 aliphatic rings. The average Bonchev–Trinajstić information content (AvgIpc) is 2.76. The number of hydrogen-bond acceptors (Lipinski definition) is 2. The van der Waals surface area contributed by atoms with E-state index < -0.39 is 24.8 Å². The first kappa shape index (κ1) is 18.6. The minimum atomic E-state index is -4.56. The first-order valence-corrected chi connectivity index (χ1v) is 11.5. The Hall–Kier alpha value is -0.763. The number of alkyl halides is 3. The van der Waals surface area contributed by atoms with Gasteiger partial charge in [0.1, 0.15) is 17.7 Å². The quantitative estimate of drug-likeness (QED) is 0.493. The van der Waals surface area contributed by atoms with Gasteiger partial charge < -0.3 is 9.30 Å². The summed E-state index contributed by atoms with van der Waals surface area (Å²) in [4.78, 5) is 4.03. The Morgan fingerprint density at radius 1 is 1.26 bits per heavy atom. The zero-order valence-electron chi connectivity index (χ0n) is 13.0. The molecule has 0 aromatic rings. The molecule has 23 heavy (non-hydrogen) atoms. The zero-order valence-corrected chi connectivity index (χ0v) is 15.5. The minimum Gasteiger partial charge on any atom is -0.361 e. The van der Waals surface area contributed by atoms with Crippen LogP contribution in [0, 0.1) is 0 Å². The SMILES string of the molecule is C[Si](C)(C)CCOCn1cc(C(F)(F)F)c(Cl)c2cc(Cl)nc1-2. The second-order valence-corrected chi connectivity index (χ2v) is 12.9. The summed E-state index contributed by atoms with van der Waals surface area (Å²) < 4.78 is 46.2. The summed E-state index contributed by atoms with van der Waals surface area (Å²) in [5, 5.41) is -0.303. The lowest BCUT2D eigenvalue weighted by Gasteiger charge is -2.19. The maximum atomic E-state index is 13.1. The highest BCUT2D eigenvalue weighted by atomic mass is 35.5. The Bertz CT molecular complexity index is 668. The number of halogens is 5. The molecule has 2 rings (SSSR count). The molecular weight excluding hydrogens is 368 g/mol. The predicted molar refractivity (Wildman–Crippen MR) is 88.0 cm³/mol. The van der Waals surface area contributed by atoms with Crippen LogP contribution in [0.1, 0.15) is 5.56 Å². The van der Waals surface area contributed by atoms with Gasteiger partial charge in [0.2, 0.25) is 0 Å². The van der Waals surface area contributed by atoms with Gasteiger partial charge >= 0.3 is 6.18 Å². The molecule has 2 heterocycles. The fraction of sp³-hybridized carbons (Fsp3) is 0.500. The van der Waals surface area contributed by atoms with Crippen molar-refractivity contribution in [1.29, 1.82) is 0 Å². The van der Waals surface area contributed by atoms with E-state index in [2.05, 4.69) is 24.6 Å². The molecule has 128 valence electrons. The Balaban J connectivity index is 2.30. The monoisotopic (exact) mass is 384 g/mol. The van der Waals surface area contributed by atoms with Crippen LogP contribution in [-0.4, -0.2) is 24.2 Å². The van der Waals surface area contributed by atoms with Gasteiger partial charge in [-0.2, -0.15) is 13.2 Å². The van der Waals surface area contributed by atoms with Crippen molar-refractivity contribution in [2.75, 3.05) is 6.61 Å². The predicted octanol–water partition coefficient (Wildman–Crippen LogP) is 5.63. The van der Waals surface area contributed by atoms with Gasteiger partial charge in [-0.05, 0) is 12.1 Å². The molecule has 9 heteroatoms. The molecule has 0 atom stereocenters. The van der Waals surface area contributed by atoms with E-state index >= 15 is 0 Å². The molecule has 0 aromatic carbocycles. The van der Waals surface area contributed by atoms with Crippen LogP contribution in [0.4, 0.5) is 13.2 Å². The van der Waals surface area contributed by atoms with Crippen molar-refractivity contribution in [3.8, 4) is 11.4 Å². The van der Waals surface area contributed by atoms with Gasteiger partial charge in [0.25, 0.3) is 0 Å². The van der Waals surface area contributed by atoms with Crippen molar-refractivity contribution in [2.45, 2.75) is 38.6 Å². The topological polar surface area (TPSA) is 27.1 Å². The van der Waals surface area contributed by atoms with Crippen LogP contribution >= 0.6 is 23.2 Å². The van der Waals surface area contributed by atoms with E-state index in [4.69, 9.17) is 27.9 Å². The molecule has 0 aromatic heterocycles. The van der Waals surface area contributed by atoms with Crippen molar-refractivity contribution >= 4 is 31.3 Å². The fourth-order valence-corrected chi connectivity index (χ4v) is 3.25. The van der Waals surface area contributed by atoms with Crippen molar-refractivity contribution in [2.24, 2.45) is 0 Å². The summed E-state index contributed by atoms with van der Waals surface area (Å²) in [6, 6.07) is 2.25. The molecule has 0 unspecified atom stereocenters. The third-order valence-electron chi connectivity index (χ3n) is 3.28. The number of ether oxygens (including phenoxy) is 1. The summed E-state index contributed by atoms with van der Waals surface area (Å²) in [6.07, 6.45) is -3.64. The van der Waals surface area contributed by atoms with Crippen LogP contribution < -0.4 is 0 Å². The van der Waals surface area contributed by atoms with Crippen LogP contribution in [0.5, 0.6) is 0 Å². The molecule has 0 aliphatic carbocycles. The van der Waals surface area contributed by atoms with E-state index in [1.807, 2.05) is 0 Å². The Kier molecular flexibility index (Phi) is 5.35. The average molecular weight is 385 g/mol. The number of fused-ring (bicyclic) bond motifs is 1. The van der Waals surface area contributed by atoms with Gasteiger partial charge in [-0.1, -0.05) is 42.8 Å². The van der Waals surface area contributed by atoms with Gasteiger partial charge in [-0.25, -0.2) is 4.98 Å². The van der Waals surface area contributed by atoms with Crippen LogP contribution in [0.2, 0.25) is 35.9 Å². The van der Waals surface area contributed by atoms with E-state index in [0.29, 0.717) is 6.61 Å². The van der Waals surface area contributed by atoms with Crippen LogP contribution in [0.3, 0.4) is 0 Å². The van der Waals surface area contributed by atoms with Crippen molar-refractivity contribution in [3.63, 3.8) is 0 Å². The highest BCUT2D eigenvalue weighted by molar-refractivity contribution is 6.76. The van der Waals surface area contributed by atoms with Crippen LogP contribution in [-0.2, 0) is 17.6 Å². The fourth-order valence-electron chi connectivity index (χ4n) is 2.01. The van der Waals surface area contributed by atoms with Crippen LogP contribution in [0.15, 0.2) is 12.3 Å². The summed E-state index contributed by atoms with van der Waals surface area (Å²) in [5.41, 5.74) is -0.759. The number of aromatic nitrogens is 2. The standard InChI is InChI=1S/C14H17Cl2F3N2OSi/c1-23(2,3)5-4-22-8-21-7-10(14(17,18)19)12(16)9-6-11(15)20-13(9)21/h6-7H,4-5,8H2,1-3H3. The lowest BCUT2D eigenvalue weighted by Crippen LogP contribution is -2.22. The lowest BCUT2D eigenvalue weighted by molar-refractivity contribution is -0.138. The van der Waals surface area contributed by atoms with Gasteiger partial charge in [0.05, 0.1) is 10.6 Å². The molecule has 0 bridgehead atoms. The Morgan fingerprint density at radius 3 is 2.48 bits per heavy atom. The molecular formula is C14H17Cl2F3N2OSi. The number of hydrogen-bond donors (Lipinski definition) is 0. The maximum absolute atomic E-state index is 13.1. The molecule has 0 amide bonds. The van der Waals surface area contributed by atoms with Gasteiger partial charge in [-0.15, -0.1) is 0 Å². The molecule has 0 N–H and O–H groups in total. The smallest absolute Gasteiger partial charge is 0.361 e. The number of pyridine rings is 1. The number of rotatable bonds is 5. The third kappa shape index (κ3) is 4.62. The summed E-state index contributed by atoms with van der Waals surface area (Å²) >= 11 is 11.7. The third-order valence-corrected chi connectivity index (χ3v) is 5.58. The van der Waals surface area contributed by atoms with Crippen molar-refractivity contribution < 1.29 is 17.9 Å². The second-order valence-electron chi connectivity index (χ2n) is 6.49. The first-order chi connectivity index (χ1) is 10.5. The van der Waals surface area contributed by atoms with E-state index in [-0.39, 0.29) is 23.3 Å². The van der Waals surface area contributed by atoms with E-state index in [1.165, 1.54) is 10.6 Å².